The summed E-state index contributed by atoms with van der Waals surface area (Å²) in [6, 6.07) is 11.5. The first-order valence-electron chi connectivity index (χ1n) is 10.4. The molecule has 1 aromatic carbocycles. The first-order valence-corrected chi connectivity index (χ1v) is 10.4. The summed E-state index contributed by atoms with van der Waals surface area (Å²) in [7, 11) is 0. The molecule has 1 aliphatic rings. The molecule has 1 fully saturated rings. The molecule has 2 amide bonds. The second kappa shape index (κ2) is 9.86. The Morgan fingerprint density at radius 1 is 1.33 bits per heavy atom. The van der Waals surface area contributed by atoms with Crippen LogP contribution in [0.4, 0.5) is 0 Å². The third kappa shape index (κ3) is 5.06. The Balaban J connectivity index is 1.72. The number of hydrogen-bond donors (Lipinski definition) is 2. The molecule has 30 heavy (non-hydrogen) atoms. The van der Waals surface area contributed by atoms with Crippen LogP contribution in [0.3, 0.4) is 0 Å². The Bertz CT molecular complexity index is 875. The summed E-state index contributed by atoms with van der Waals surface area (Å²) in [5.74, 6) is 0.518. The number of nitrogens with two attached hydrogens (primary N) is 1. The van der Waals surface area contributed by atoms with E-state index in [2.05, 4.69) is 24.1 Å². The number of carbonyl (C=O) groups excluding carboxylic acids is 2. The fraction of sp³-hybridized carbons (Fsp3) is 0.500. The summed E-state index contributed by atoms with van der Waals surface area (Å²) >= 11 is 0. The quantitative estimate of drug-likeness (QED) is 0.605. The van der Waals surface area contributed by atoms with E-state index < -0.39 is 0 Å². The number of rotatable bonds is 9. The predicted octanol–water partition coefficient (Wildman–Crippen LogP) is 1.55. The zero-order chi connectivity index (χ0) is 21.7. The maximum absolute atomic E-state index is 12.0. The van der Waals surface area contributed by atoms with Crippen molar-refractivity contribution < 1.29 is 14.3 Å². The van der Waals surface area contributed by atoms with Crippen molar-refractivity contribution in [2.24, 2.45) is 11.7 Å². The summed E-state index contributed by atoms with van der Waals surface area (Å²) in [6.45, 7) is 7.32. The highest BCUT2D eigenvalue weighted by atomic mass is 16.5. The van der Waals surface area contributed by atoms with Crippen molar-refractivity contribution in [1.29, 1.82) is 0 Å². The summed E-state index contributed by atoms with van der Waals surface area (Å²) in [4.78, 5) is 28.2. The number of carbonyl (C=O) groups is 2. The van der Waals surface area contributed by atoms with Crippen LogP contribution in [0.1, 0.15) is 27.2 Å². The molecule has 0 radical (unpaired) electrons. The fourth-order valence-electron chi connectivity index (χ4n) is 3.97. The van der Waals surface area contributed by atoms with Crippen LogP contribution in [0.25, 0.3) is 10.9 Å². The third-order valence-electron chi connectivity index (χ3n) is 5.53. The number of amides is 2. The molecule has 3 N–H and O–H groups in total. The van der Waals surface area contributed by atoms with E-state index in [1.54, 1.807) is 5.01 Å². The minimum Gasteiger partial charge on any atom is -0.472 e. The van der Waals surface area contributed by atoms with Gasteiger partial charge < -0.3 is 15.8 Å². The molecule has 3 rings (SSSR count). The van der Waals surface area contributed by atoms with Crippen molar-refractivity contribution >= 4 is 23.2 Å². The van der Waals surface area contributed by atoms with Crippen molar-refractivity contribution in [3.63, 3.8) is 0 Å². The van der Waals surface area contributed by atoms with Crippen molar-refractivity contribution in [1.82, 2.24) is 20.3 Å². The average molecular weight is 414 g/mol. The zero-order valence-electron chi connectivity index (χ0n) is 17.8. The Hall–Kier alpha value is -2.71. The van der Waals surface area contributed by atoms with E-state index in [1.807, 2.05) is 48.3 Å². The van der Waals surface area contributed by atoms with Gasteiger partial charge in [0.05, 0.1) is 18.1 Å². The first-order chi connectivity index (χ1) is 14.4. The standard InChI is InChI=1S/C22H31N5O3/c1-15(2)22(30-21-9-8-17-6-4-5-7-19(17)25-21)16(3)27(14-28)26-11-10-18(13-26)24-20(29)12-23/h4-9,14-16,18,22H,10-13,23H2,1-3H3,(H,24,29)/t16?,18-,22?/m1/s1. The number of para-hydroxylation sites is 1. The number of benzene rings is 1. The summed E-state index contributed by atoms with van der Waals surface area (Å²) in [5.41, 5.74) is 6.26. The van der Waals surface area contributed by atoms with Gasteiger partial charge >= 0.3 is 0 Å². The maximum Gasteiger partial charge on any atom is 0.233 e. The molecule has 0 aliphatic carbocycles. The van der Waals surface area contributed by atoms with Crippen LogP contribution in [0.5, 0.6) is 5.88 Å². The largest absolute Gasteiger partial charge is 0.472 e. The highest BCUT2D eigenvalue weighted by Crippen LogP contribution is 2.24. The van der Waals surface area contributed by atoms with Gasteiger partial charge in [-0.3, -0.25) is 14.6 Å². The van der Waals surface area contributed by atoms with Crippen LogP contribution < -0.4 is 15.8 Å². The van der Waals surface area contributed by atoms with Gasteiger partial charge in [-0.25, -0.2) is 9.99 Å². The number of nitrogens with zero attached hydrogens (tertiary/aromatic N) is 3. The third-order valence-corrected chi connectivity index (χ3v) is 5.53. The van der Waals surface area contributed by atoms with Gasteiger partial charge in [-0.15, -0.1) is 0 Å². The van der Waals surface area contributed by atoms with Crippen molar-refractivity contribution in [3.05, 3.63) is 36.4 Å². The van der Waals surface area contributed by atoms with Crippen molar-refractivity contribution in [3.8, 4) is 5.88 Å². The van der Waals surface area contributed by atoms with E-state index >= 15 is 0 Å². The number of hydrogen-bond acceptors (Lipinski definition) is 6. The van der Waals surface area contributed by atoms with Gasteiger partial charge in [0.15, 0.2) is 0 Å². The number of hydrazine groups is 1. The lowest BCUT2D eigenvalue weighted by Gasteiger charge is -2.38. The highest BCUT2D eigenvalue weighted by molar-refractivity contribution is 5.79. The van der Waals surface area contributed by atoms with Gasteiger partial charge in [-0.2, -0.15) is 0 Å². The van der Waals surface area contributed by atoms with Crippen LogP contribution in [0.2, 0.25) is 0 Å². The Kier molecular flexibility index (Phi) is 7.23. The number of fused-ring (bicyclic) bond motifs is 1. The molecule has 3 atom stereocenters. The normalized spacial score (nSPS) is 18.9. The van der Waals surface area contributed by atoms with E-state index in [0.717, 1.165) is 23.7 Å². The van der Waals surface area contributed by atoms with Crippen LogP contribution in [0.15, 0.2) is 36.4 Å². The molecule has 0 spiro atoms. The van der Waals surface area contributed by atoms with Gasteiger partial charge in [0.2, 0.25) is 18.2 Å². The summed E-state index contributed by atoms with van der Waals surface area (Å²) in [6.07, 6.45) is 1.36. The molecule has 1 saturated heterocycles. The zero-order valence-corrected chi connectivity index (χ0v) is 17.8. The second-order valence-corrected chi connectivity index (χ2v) is 8.06. The second-order valence-electron chi connectivity index (χ2n) is 8.06. The maximum atomic E-state index is 12.0. The molecule has 2 unspecified atom stereocenters. The van der Waals surface area contributed by atoms with E-state index in [4.69, 9.17) is 10.5 Å². The summed E-state index contributed by atoms with van der Waals surface area (Å²) < 4.78 is 6.27. The van der Waals surface area contributed by atoms with Crippen LogP contribution in [-0.2, 0) is 9.59 Å². The minimum absolute atomic E-state index is 0.0173. The molecule has 0 bridgehead atoms. The summed E-state index contributed by atoms with van der Waals surface area (Å²) in [5, 5.41) is 7.59. The van der Waals surface area contributed by atoms with E-state index in [0.29, 0.717) is 19.0 Å². The molecule has 1 aliphatic heterocycles. The SMILES string of the molecule is CC(C)C(Oc1ccc2ccccc2n1)C(C)N(C=O)N1CC[C@@H](NC(=O)CN)C1. The molecule has 0 saturated carbocycles. The topological polar surface area (TPSA) is 101 Å². The van der Waals surface area contributed by atoms with E-state index in [-0.39, 0.29) is 36.6 Å². The molecule has 1 aromatic heterocycles. The molecular formula is C22H31N5O3. The molecule has 8 heteroatoms. The first kappa shape index (κ1) is 22.0. The van der Waals surface area contributed by atoms with Crippen LogP contribution in [-0.4, -0.2) is 65.1 Å². The van der Waals surface area contributed by atoms with E-state index in [1.165, 1.54) is 0 Å². The number of pyridine rings is 1. The van der Waals surface area contributed by atoms with Crippen LogP contribution >= 0.6 is 0 Å². The highest BCUT2D eigenvalue weighted by Gasteiger charge is 2.35. The Morgan fingerprint density at radius 2 is 2.10 bits per heavy atom. The van der Waals surface area contributed by atoms with Gasteiger partial charge in [-0.1, -0.05) is 32.0 Å². The number of ether oxygens (including phenoxy) is 1. The van der Waals surface area contributed by atoms with E-state index in [9.17, 15) is 9.59 Å². The molecule has 8 nitrogen and oxygen atoms in total. The Labute approximate surface area is 177 Å². The Morgan fingerprint density at radius 3 is 2.80 bits per heavy atom. The van der Waals surface area contributed by atoms with Crippen LogP contribution in [0, 0.1) is 5.92 Å². The molecule has 162 valence electrons. The lowest BCUT2D eigenvalue weighted by molar-refractivity contribution is -0.144. The smallest absolute Gasteiger partial charge is 0.233 e. The lowest BCUT2D eigenvalue weighted by atomic mass is 10.0. The molecular weight excluding hydrogens is 382 g/mol. The number of aromatic nitrogens is 1. The predicted molar refractivity (Wildman–Crippen MR) is 116 cm³/mol. The van der Waals surface area contributed by atoms with Gasteiger partial charge in [0, 0.05) is 30.6 Å². The average Bonchev–Trinajstić information content (AvgIpc) is 3.19. The van der Waals surface area contributed by atoms with Gasteiger partial charge in [-0.05, 0) is 31.4 Å². The lowest BCUT2D eigenvalue weighted by Crippen LogP contribution is -2.54. The van der Waals surface area contributed by atoms with Crippen molar-refractivity contribution in [2.45, 2.75) is 45.4 Å². The molecule has 2 heterocycles. The fourth-order valence-corrected chi connectivity index (χ4v) is 3.97. The minimum atomic E-state index is -0.249. The molecule has 2 aromatic rings. The number of nitrogens with one attached hydrogen (secondary N) is 1. The van der Waals surface area contributed by atoms with Gasteiger partial charge in [0.1, 0.15) is 6.10 Å². The van der Waals surface area contributed by atoms with Gasteiger partial charge in [0.25, 0.3) is 0 Å². The monoisotopic (exact) mass is 413 g/mol. The van der Waals surface area contributed by atoms with Crippen molar-refractivity contribution in [2.75, 3.05) is 19.6 Å².